The van der Waals surface area contributed by atoms with E-state index >= 15 is 0 Å². The predicted octanol–water partition coefficient (Wildman–Crippen LogP) is 4.57. The molecule has 1 unspecified atom stereocenters. The molecule has 1 amide bonds. The monoisotopic (exact) mass is 380 g/mol. The van der Waals surface area contributed by atoms with Gasteiger partial charge >= 0.3 is 0 Å². The number of H-pyrrole nitrogens is 1. The fourth-order valence-corrected chi connectivity index (χ4v) is 3.61. The highest BCUT2D eigenvalue weighted by Crippen LogP contribution is 2.25. The normalized spacial score (nSPS) is 12.0. The number of carbonyl (C=O) groups excluding carboxylic acids is 1. The number of nitrogens with zero attached hydrogens (tertiary/aromatic N) is 3. The Kier molecular flexibility index (Phi) is 6.29. The van der Waals surface area contributed by atoms with Crippen molar-refractivity contribution >= 4 is 23.4 Å². The van der Waals surface area contributed by atoms with Crippen LogP contribution in [0.3, 0.4) is 0 Å². The third kappa shape index (κ3) is 4.57. The van der Waals surface area contributed by atoms with Crippen LogP contribution in [-0.2, 0) is 11.2 Å². The molecule has 1 heterocycles. The van der Waals surface area contributed by atoms with Gasteiger partial charge in [-0.15, -0.1) is 5.10 Å². The second kappa shape index (κ2) is 8.86. The molecule has 2 aromatic carbocycles. The number of para-hydroxylation sites is 1. The molecule has 140 valence electrons. The molecular weight excluding hydrogens is 356 g/mol. The van der Waals surface area contributed by atoms with Crippen LogP contribution < -0.4 is 4.90 Å². The fourth-order valence-electron chi connectivity index (χ4n) is 2.83. The van der Waals surface area contributed by atoms with Crippen LogP contribution in [0.5, 0.6) is 0 Å². The first-order chi connectivity index (χ1) is 13.1. The van der Waals surface area contributed by atoms with E-state index in [1.165, 1.54) is 17.3 Å². The summed E-state index contributed by atoms with van der Waals surface area (Å²) >= 11 is 1.37. The molecule has 6 heteroatoms. The van der Waals surface area contributed by atoms with Crippen molar-refractivity contribution < 1.29 is 4.79 Å². The summed E-state index contributed by atoms with van der Waals surface area (Å²) in [7, 11) is 0. The standard InChI is InChI=1S/C21H24N4OS/c1-4-16-11-13-17(14-12-16)19-22-21(24-23-19)27-15(3)20(26)25(5-2)18-9-7-6-8-10-18/h6-15H,4-5H2,1-3H3,(H,22,23,24). The summed E-state index contributed by atoms with van der Waals surface area (Å²) < 4.78 is 0. The molecule has 1 N–H and O–H groups in total. The molecule has 0 saturated carbocycles. The molecule has 3 aromatic rings. The van der Waals surface area contributed by atoms with Crippen molar-refractivity contribution in [1.82, 2.24) is 15.2 Å². The van der Waals surface area contributed by atoms with E-state index in [0.29, 0.717) is 11.7 Å². The van der Waals surface area contributed by atoms with Crippen LogP contribution in [-0.4, -0.2) is 32.9 Å². The Morgan fingerprint density at radius 1 is 1.11 bits per heavy atom. The lowest BCUT2D eigenvalue weighted by Gasteiger charge is -2.23. The minimum absolute atomic E-state index is 0.0485. The molecule has 5 nitrogen and oxygen atoms in total. The van der Waals surface area contributed by atoms with Crippen molar-refractivity contribution in [2.75, 3.05) is 11.4 Å². The Bertz CT molecular complexity index is 877. The molecule has 1 atom stereocenters. The molecule has 0 fully saturated rings. The summed E-state index contributed by atoms with van der Waals surface area (Å²) in [4.78, 5) is 19.2. The van der Waals surface area contributed by atoms with Gasteiger partial charge in [0.15, 0.2) is 5.82 Å². The van der Waals surface area contributed by atoms with Crippen LogP contribution in [0.1, 0.15) is 26.3 Å². The van der Waals surface area contributed by atoms with Crippen LogP contribution in [0.15, 0.2) is 59.8 Å². The number of aromatic amines is 1. The maximum atomic E-state index is 12.9. The van der Waals surface area contributed by atoms with E-state index in [9.17, 15) is 4.79 Å². The minimum atomic E-state index is -0.281. The number of benzene rings is 2. The van der Waals surface area contributed by atoms with Gasteiger partial charge in [0.2, 0.25) is 11.1 Å². The number of anilines is 1. The van der Waals surface area contributed by atoms with E-state index in [1.807, 2.05) is 56.3 Å². The smallest absolute Gasteiger partial charge is 0.240 e. The van der Waals surface area contributed by atoms with E-state index in [1.54, 1.807) is 4.90 Å². The lowest BCUT2D eigenvalue weighted by atomic mass is 10.1. The van der Waals surface area contributed by atoms with Gasteiger partial charge in [0.1, 0.15) is 0 Å². The van der Waals surface area contributed by atoms with Gasteiger partial charge in [-0.05, 0) is 38.0 Å². The molecule has 27 heavy (non-hydrogen) atoms. The van der Waals surface area contributed by atoms with Crippen molar-refractivity contribution in [2.24, 2.45) is 0 Å². The van der Waals surface area contributed by atoms with Gasteiger partial charge < -0.3 is 4.90 Å². The van der Waals surface area contributed by atoms with Crippen LogP contribution in [0.25, 0.3) is 11.4 Å². The summed E-state index contributed by atoms with van der Waals surface area (Å²) in [6, 6.07) is 18.0. The minimum Gasteiger partial charge on any atom is -0.312 e. The number of aryl methyl sites for hydroxylation is 1. The quantitative estimate of drug-likeness (QED) is 0.610. The maximum Gasteiger partial charge on any atom is 0.240 e. The van der Waals surface area contributed by atoms with Crippen LogP contribution in [0.2, 0.25) is 0 Å². The second-order valence-corrected chi connectivity index (χ2v) is 7.50. The zero-order chi connectivity index (χ0) is 19.2. The van der Waals surface area contributed by atoms with Gasteiger partial charge in [-0.2, -0.15) is 0 Å². The van der Waals surface area contributed by atoms with Crippen LogP contribution in [0.4, 0.5) is 5.69 Å². The Morgan fingerprint density at radius 2 is 1.81 bits per heavy atom. The molecule has 0 radical (unpaired) electrons. The number of hydrogen-bond donors (Lipinski definition) is 1. The van der Waals surface area contributed by atoms with E-state index in [2.05, 4.69) is 34.2 Å². The van der Waals surface area contributed by atoms with Crippen molar-refractivity contribution in [3.63, 3.8) is 0 Å². The van der Waals surface area contributed by atoms with Gasteiger partial charge in [-0.25, -0.2) is 4.98 Å². The van der Waals surface area contributed by atoms with Crippen molar-refractivity contribution in [1.29, 1.82) is 0 Å². The first kappa shape index (κ1) is 19.2. The molecule has 1 aromatic heterocycles. The van der Waals surface area contributed by atoms with Crippen LogP contribution >= 0.6 is 11.8 Å². The number of thioether (sulfide) groups is 1. The first-order valence-corrected chi connectivity index (χ1v) is 10.0. The van der Waals surface area contributed by atoms with Crippen molar-refractivity contribution in [2.45, 2.75) is 37.6 Å². The molecule has 0 aliphatic carbocycles. The second-order valence-electron chi connectivity index (χ2n) is 6.20. The maximum absolute atomic E-state index is 12.9. The van der Waals surface area contributed by atoms with Gasteiger partial charge in [0.05, 0.1) is 5.25 Å². The first-order valence-electron chi connectivity index (χ1n) is 9.17. The fraction of sp³-hybridized carbons (Fsp3) is 0.286. The largest absolute Gasteiger partial charge is 0.312 e. The molecule has 0 bridgehead atoms. The summed E-state index contributed by atoms with van der Waals surface area (Å²) in [5.74, 6) is 0.766. The zero-order valence-electron chi connectivity index (χ0n) is 15.8. The number of nitrogens with one attached hydrogen (secondary N) is 1. The Labute approximate surface area is 164 Å². The third-order valence-electron chi connectivity index (χ3n) is 4.38. The topological polar surface area (TPSA) is 61.9 Å². The molecule has 3 rings (SSSR count). The molecular formula is C21H24N4OS. The van der Waals surface area contributed by atoms with Gasteiger partial charge in [0.25, 0.3) is 0 Å². The van der Waals surface area contributed by atoms with E-state index in [-0.39, 0.29) is 11.2 Å². The van der Waals surface area contributed by atoms with Gasteiger partial charge in [-0.3, -0.25) is 9.89 Å². The highest BCUT2D eigenvalue weighted by molar-refractivity contribution is 8.00. The van der Waals surface area contributed by atoms with Gasteiger partial charge in [0, 0.05) is 17.8 Å². The third-order valence-corrected chi connectivity index (χ3v) is 5.33. The number of hydrogen-bond acceptors (Lipinski definition) is 4. The summed E-state index contributed by atoms with van der Waals surface area (Å²) in [6.45, 7) is 6.63. The Morgan fingerprint density at radius 3 is 2.44 bits per heavy atom. The summed E-state index contributed by atoms with van der Waals surface area (Å²) in [6.07, 6.45) is 1.01. The van der Waals surface area contributed by atoms with E-state index in [0.717, 1.165) is 23.5 Å². The summed E-state index contributed by atoms with van der Waals surface area (Å²) in [5.41, 5.74) is 3.18. The number of amides is 1. The molecule has 0 aliphatic heterocycles. The van der Waals surface area contributed by atoms with Crippen molar-refractivity contribution in [3.05, 3.63) is 60.2 Å². The number of rotatable bonds is 7. The highest BCUT2D eigenvalue weighted by atomic mass is 32.2. The number of aromatic nitrogens is 3. The average Bonchev–Trinajstić information content (AvgIpc) is 3.17. The highest BCUT2D eigenvalue weighted by Gasteiger charge is 2.23. The van der Waals surface area contributed by atoms with Crippen LogP contribution in [0, 0.1) is 0 Å². The average molecular weight is 381 g/mol. The van der Waals surface area contributed by atoms with Gasteiger partial charge in [-0.1, -0.05) is 61.2 Å². The number of carbonyl (C=O) groups is 1. The van der Waals surface area contributed by atoms with E-state index < -0.39 is 0 Å². The zero-order valence-corrected chi connectivity index (χ0v) is 16.7. The SMILES string of the molecule is CCc1ccc(-c2nc(SC(C)C(=O)N(CC)c3ccccc3)n[nH]2)cc1. The lowest BCUT2D eigenvalue weighted by Crippen LogP contribution is -2.36. The van der Waals surface area contributed by atoms with E-state index in [4.69, 9.17) is 0 Å². The molecule has 0 spiro atoms. The predicted molar refractivity (Wildman–Crippen MR) is 111 cm³/mol. The lowest BCUT2D eigenvalue weighted by molar-refractivity contribution is -0.117. The molecule has 0 saturated heterocycles. The Hall–Kier alpha value is -2.60. The Balaban J connectivity index is 1.69. The van der Waals surface area contributed by atoms with Crippen molar-refractivity contribution in [3.8, 4) is 11.4 Å². The summed E-state index contributed by atoms with van der Waals surface area (Å²) in [5, 5.41) is 7.54. The molecule has 0 aliphatic rings.